The first-order valence-corrected chi connectivity index (χ1v) is 7.46. The van der Waals surface area contributed by atoms with E-state index in [2.05, 4.69) is 5.32 Å². The Morgan fingerprint density at radius 2 is 1.74 bits per heavy atom. The Bertz CT molecular complexity index is 930. The second-order valence-electron chi connectivity index (χ2n) is 5.90. The van der Waals surface area contributed by atoms with Crippen molar-refractivity contribution in [2.24, 2.45) is 7.05 Å². The van der Waals surface area contributed by atoms with Gasteiger partial charge in [0.05, 0.1) is 0 Å². The lowest BCUT2D eigenvalue weighted by Crippen LogP contribution is -2.28. The molecular formula is C18H19N3O2. The summed E-state index contributed by atoms with van der Waals surface area (Å²) in [5.74, 6) is -0.217. The fourth-order valence-corrected chi connectivity index (χ4v) is 2.86. The fraction of sp³-hybridized carbons (Fsp3) is 0.222. The van der Waals surface area contributed by atoms with E-state index in [9.17, 15) is 9.59 Å². The van der Waals surface area contributed by atoms with Gasteiger partial charge in [0, 0.05) is 30.5 Å². The smallest absolute Gasteiger partial charge is 0.275 e. The van der Waals surface area contributed by atoms with Crippen molar-refractivity contribution in [1.29, 1.82) is 0 Å². The minimum atomic E-state index is -0.217. The Morgan fingerprint density at radius 1 is 1.09 bits per heavy atom. The molecule has 0 aliphatic heterocycles. The lowest BCUT2D eigenvalue weighted by Gasteiger charge is -2.09. The molecule has 0 aliphatic carbocycles. The third-order valence-electron chi connectivity index (χ3n) is 3.82. The minimum Gasteiger partial charge on any atom is -0.346 e. The maximum absolute atomic E-state index is 12.5. The Balaban J connectivity index is 1.84. The zero-order valence-corrected chi connectivity index (χ0v) is 13.5. The number of carbonyl (C=O) groups is 1. The number of nitrogens with one attached hydrogen (secondary N) is 1. The maximum Gasteiger partial charge on any atom is 0.275 e. The van der Waals surface area contributed by atoms with E-state index in [4.69, 9.17) is 0 Å². The Labute approximate surface area is 134 Å². The number of anilines is 1. The topological polar surface area (TPSA) is 56.0 Å². The van der Waals surface area contributed by atoms with Gasteiger partial charge in [0.2, 0.25) is 5.91 Å². The first kappa shape index (κ1) is 15.1. The maximum atomic E-state index is 12.5. The molecule has 0 saturated heterocycles. The number of aryl methyl sites for hydroxylation is 3. The van der Waals surface area contributed by atoms with Gasteiger partial charge in [0.15, 0.2) is 0 Å². The van der Waals surface area contributed by atoms with Gasteiger partial charge in [-0.1, -0.05) is 6.07 Å². The molecule has 23 heavy (non-hydrogen) atoms. The number of hydrogen-bond donors (Lipinski definition) is 1. The van der Waals surface area contributed by atoms with Crippen LogP contribution in [0, 0.1) is 13.8 Å². The van der Waals surface area contributed by atoms with Crippen LogP contribution in [0.15, 0.2) is 47.5 Å². The molecule has 1 aromatic carbocycles. The predicted molar refractivity (Wildman–Crippen MR) is 91.7 cm³/mol. The standard InChI is InChI=1S/C18H19N3O2/c1-12-8-13(2)10-15(9-12)19-16(22)11-21-7-5-14-4-6-20(3)17(14)18(21)23/h4-10H,11H2,1-3H3,(H,19,22). The van der Waals surface area contributed by atoms with Crippen LogP contribution >= 0.6 is 0 Å². The van der Waals surface area contributed by atoms with Crippen LogP contribution in [-0.4, -0.2) is 15.0 Å². The fourth-order valence-electron chi connectivity index (χ4n) is 2.86. The van der Waals surface area contributed by atoms with Crippen LogP contribution in [-0.2, 0) is 18.4 Å². The van der Waals surface area contributed by atoms with Crippen molar-refractivity contribution >= 4 is 22.5 Å². The second-order valence-corrected chi connectivity index (χ2v) is 5.90. The summed E-state index contributed by atoms with van der Waals surface area (Å²) in [7, 11) is 1.82. The van der Waals surface area contributed by atoms with Gasteiger partial charge in [0.1, 0.15) is 12.1 Å². The van der Waals surface area contributed by atoms with Crippen LogP contribution in [0.25, 0.3) is 10.9 Å². The molecule has 2 aromatic heterocycles. The molecule has 3 rings (SSSR count). The molecule has 0 aliphatic rings. The average Bonchev–Trinajstić information content (AvgIpc) is 2.83. The van der Waals surface area contributed by atoms with Gasteiger partial charge in [-0.25, -0.2) is 0 Å². The lowest BCUT2D eigenvalue weighted by molar-refractivity contribution is -0.116. The van der Waals surface area contributed by atoms with Crippen molar-refractivity contribution in [1.82, 2.24) is 9.13 Å². The molecule has 3 aromatic rings. The molecular weight excluding hydrogens is 290 g/mol. The number of fused-ring (bicyclic) bond motifs is 1. The number of benzene rings is 1. The van der Waals surface area contributed by atoms with E-state index in [0.717, 1.165) is 22.2 Å². The van der Waals surface area contributed by atoms with E-state index in [0.29, 0.717) is 5.52 Å². The van der Waals surface area contributed by atoms with Crippen molar-refractivity contribution < 1.29 is 4.79 Å². The molecule has 1 amide bonds. The first-order valence-electron chi connectivity index (χ1n) is 7.46. The van der Waals surface area contributed by atoms with Crippen LogP contribution in [0.1, 0.15) is 11.1 Å². The second kappa shape index (κ2) is 5.76. The van der Waals surface area contributed by atoms with Crippen LogP contribution < -0.4 is 10.9 Å². The van der Waals surface area contributed by atoms with E-state index >= 15 is 0 Å². The molecule has 1 N–H and O–H groups in total. The van der Waals surface area contributed by atoms with E-state index in [1.165, 1.54) is 4.57 Å². The Hall–Kier alpha value is -2.82. The molecule has 0 atom stereocenters. The number of amides is 1. The molecule has 0 saturated carbocycles. The van der Waals surface area contributed by atoms with Crippen LogP contribution in [0.3, 0.4) is 0 Å². The van der Waals surface area contributed by atoms with Gasteiger partial charge >= 0.3 is 0 Å². The van der Waals surface area contributed by atoms with Gasteiger partial charge in [-0.05, 0) is 49.2 Å². The molecule has 5 nitrogen and oxygen atoms in total. The van der Waals surface area contributed by atoms with Crippen LogP contribution in [0.2, 0.25) is 0 Å². The third kappa shape index (κ3) is 3.04. The summed E-state index contributed by atoms with van der Waals surface area (Å²) in [6.07, 6.45) is 3.50. The van der Waals surface area contributed by atoms with Crippen LogP contribution in [0.4, 0.5) is 5.69 Å². The normalized spacial score (nSPS) is 10.9. The van der Waals surface area contributed by atoms with Crippen LogP contribution in [0.5, 0.6) is 0 Å². The van der Waals surface area contributed by atoms with Gasteiger partial charge in [0.25, 0.3) is 5.56 Å². The minimum absolute atomic E-state index is 0.00700. The van der Waals surface area contributed by atoms with Gasteiger partial charge in [-0.15, -0.1) is 0 Å². The summed E-state index contributed by atoms with van der Waals surface area (Å²) >= 11 is 0. The zero-order chi connectivity index (χ0) is 16.6. The summed E-state index contributed by atoms with van der Waals surface area (Å²) < 4.78 is 3.20. The highest BCUT2D eigenvalue weighted by molar-refractivity contribution is 5.91. The molecule has 5 heteroatoms. The highest BCUT2D eigenvalue weighted by atomic mass is 16.2. The number of nitrogens with zero attached hydrogens (tertiary/aromatic N) is 2. The molecule has 0 radical (unpaired) electrons. The van der Waals surface area contributed by atoms with Crippen molar-refractivity contribution in [3.63, 3.8) is 0 Å². The average molecular weight is 309 g/mol. The van der Waals surface area contributed by atoms with E-state index in [1.54, 1.807) is 10.8 Å². The Morgan fingerprint density at radius 3 is 2.43 bits per heavy atom. The van der Waals surface area contributed by atoms with Crippen molar-refractivity contribution in [3.05, 3.63) is 64.2 Å². The Kier molecular flexibility index (Phi) is 3.78. The number of aromatic nitrogens is 2. The summed E-state index contributed by atoms with van der Waals surface area (Å²) in [5.41, 5.74) is 3.36. The molecule has 0 spiro atoms. The largest absolute Gasteiger partial charge is 0.346 e. The molecule has 0 fully saturated rings. The number of carbonyl (C=O) groups excluding carboxylic acids is 1. The highest BCUT2D eigenvalue weighted by Gasteiger charge is 2.10. The number of rotatable bonds is 3. The third-order valence-corrected chi connectivity index (χ3v) is 3.82. The molecule has 118 valence electrons. The monoisotopic (exact) mass is 309 g/mol. The van der Waals surface area contributed by atoms with Crippen molar-refractivity contribution in [2.75, 3.05) is 5.32 Å². The zero-order valence-electron chi connectivity index (χ0n) is 13.5. The number of hydrogen-bond acceptors (Lipinski definition) is 2. The summed E-state index contributed by atoms with van der Waals surface area (Å²) in [5, 5.41) is 3.73. The summed E-state index contributed by atoms with van der Waals surface area (Å²) in [6.45, 7) is 3.96. The van der Waals surface area contributed by atoms with Crippen molar-refractivity contribution in [3.8, 4) is 0 Å². The molecule has 2 heterocycles. The van der Waals surface area contributed by atoms with Gasteiger partial charge < -0.3 is 14.5 Å². The lowest BCUT2D eigenvalue weighted by atomic mass is 10.1. The van der Waals surface area contributed by atoms with E-state index < -0.39 is 0 Å². The van der Waals surface area contributed by atoms with Gasteiger partial charge in [-0.3, -0.25) is 9.59 Å². The van der Waals surface area contributed by atoms with Crippen molar-refractivity contribution in [2.45, 2.75) is 20.4 Å². The highest BCUT2D eigenvalue weighted by Crippen LogP contribution is 2.14. The first-order chi connectivity index (χ1) is 10.9. The quantitative estimate of drug-likeness (QED) is 0.808. The van der Waals surface area contributed by atoms with E-state index in [-0.39, 0.29) is 18.0 Å². The SMILES string of the molecule is Cc1cc(C)cc(NC(=O)Cn2ccc3ccn(C)c3c2=O)c1. The summed E-state index contributed by atoms with van der Waals surface area (Å²) in [6, 6.07) is 9.60. The number of pyridine rings is 1. The van der Waals surface area contributed by atoms with Gasteiger partial charge in [-0.2, -0.15) is 0 Å². The molecule has 0 unspecified atom stereocenters. The summed E-state index contributed by atoms with van der Waals surface area (Å²) in [4.78, 5) is 24.7. The van der Waals surface area contributed by atoms with E-state index in [1.807, 2.05) is 57.4 Å². The molecule has 0 bridgehead atoms. The predicted octanol–water partition coefficient (Wildman–Crippen LogP) is 2.60.